The minimum absolute atomic E-state index is 0.211. The maximum atomic E-state index is 11.8. The summed E-state index contributed by atoms with van der Waals surface area (Å²) in [6.45, 7) is 3.49. The summed E-state index contributed by atoms with van der Waals surface area (Å²) in [5, 5.41) is 0. The van der Waals surface area contributed by atoms with Crippen LogP contribution < -0.4 is 4.74 Å². The summed E-state index contributed by atoms with van der Waals surface area (Å²) >= 11 is 0. The zero-order valence-corrected chi connectivity index (χ0v) is 12.3. The first-order valence-corrected chi connectivity index (χ1v) is 7.42. The number of benzene rings is 1. The third kappa shape index (κ3) is 3.19. The standard InChI is InChI=1S/C16H21NO4/c1-19-16(18)14-11-20-9-7-17(14)6-4-12-2-3-15-13(10-12)5-8-21-15/h2-3,10,14H,4-9,11H2,1H3. The fourth-order valence-corrected chi connectivity index (χ4v) is 2.93. The highest BCUT2D eigenvalue weighted by molar-refractivity contribution is 5.75. The number of carbonyl (C=O) groups excluding carboxylic acids is 1. The van der Waals surface area contributed by atoms with Gasteiger partial charge in [0.05, 0.1) is 26.9 Å². The molecule has 0 saturated carbocycles. The number of nitrogens with zero attached hydrogens (tertiary/aromatic N) is 1. The van der Waals surface area contributed by atoms with Gasteiger partial charge in [0.1, 0.15) is 11.8 Å². The van der Waals surface area contributed by atoms with E-state index < -0.39 is 0 Å². The number of ether oxygens (including phenoxy) is 3. The third-order valence-electron chi connectivity index (χ3n) is 4.15. The molecule has 5 nitrogen and oxygen atoms in total. The van der Waals surface area contributed by atoms with Crippen LogP contribution in [0.15, 0.2) is 18.2 Å². The van der Waals surface area contributed by atoms with E-state index in [2.05, 4.69) is 23.1 Å². The minimum Gasteiger partial charge on any atom is -0.493 e. The van der Waals surface area contributed by atoms with E-state index in [1.807, 2.05) is 0 Å². The number of fused-ring (bicyclic) bond motifs is 1. The van der Waals surface area contributed by atoms with Crippen LogP contribution in [0.4, 0.5) is 0 Å². The van der Waals surface area contributed by atoms with Crippen molar-refractivity contribution in [2.24, 2.45) is 0 Å². The summed E-state index contributed by atoms with van der Waals surface area (Å²) in [4.78, 5) is 13.9. The van der Waals surface area contributed by atoms with E-state index in [9.17, 15) is 4.79 Å². The van der Waals surface area contributed by atoms with Gasteiger partial charge in [-0.15, -0.1) is 0 Å². The van der Waals surface area contributed by atoms with Crippen molar-refractivity contribution >= 4 is 5.97 Å². The molecule has 1 fully saturated rings. The van der Waals surface area contributed by atoms with Gasteiger partial charge in [-0.3, -0.25) is 9.69 Å². The quantitative estimate of drug-likeness (QED) is 0.776. The van der Waals surface area contributed by atoms with Gasteiger partial charge in [0.15, 0.2) is 0 Å². The molecule has 3 rings (SSSR count). The third-order valence-corrected chi connectivity index (χ3v) is 4.15. The number of rotatable bonds is 4. The van der Waals surface area contributed by atoms with Crippen LogP contribution in [0.3, 0.4) is 0 Å². The van der Waals surface area contributed by atoms with Crippen molar-refractivity contribution in [1.82, 2.24) is 4.90 Å². The molecule has 21 heavy (non-hydrogen) atoms. The van der Waals surface area contributed by atoms with Crippen LogP contribution in [0, 0.1) is 0 Å². The Kier molecular flexibility index (Phi) is 4.41. The first kappa shape index (κ1) is 14.4. The highest BCUT2D eigenvalue weighted by atomic mass is 16.5. The molecule has 2 aliphatic rings. The zero-order valence-electron chi connectivity index (χ0n) is 12.3. The molecule has 1 aromatic rings. The fraction of sp³-hybridized carbons (Fsp3) is 0.562. The predicted octanol–water partition coefficient (Wildman–Crippen LogP) is 1.04. The molecule has 2 aliphatic heterocycles. The minimum atomic E-state index is -0.276. The Bertz CT molecular complexity index is 517. The Morgan fingerprint density at radius 3 is 3.19 bits per heavy atom. The lowest BCUT2D eigenvalue weighted by molar-refractivity contribution is -0.153. The van der Waals surface area contributed by atoms with E-state index in [0.717, 1.165) is 38.3 Å². The molecule has 0 radical (unpaired) electrons. The monoisotopic (exact) mass is 291 g/mol. The summed E-state index contributed by atoms with van der Waals surface area (Å²) < 4.78 is 15.8. The molecule has 0 aromatic heterocycles. The lowest BCUT2D eigenvalue weighted by Gasteiger charge is -2.33. The average Bonchev–Trinajstić information content (AvgIpc) is 3.00. The number of hydrogen-bond acceptors (Lipinski definition) is 5. The maximum Gasteiger partial charge on any atom is 0.325 e. The van der Waals surface area contributed by atoms with Crippen molar-refractivity contribution in [2.45, 2.75) is 18.9 Å². The first-order valence-electron chi connectivity index (χ1n) is 7.42. The van der Waals surface area contributed by atoms with Gasteiger partial charge in [0.25, 0.3) is 0 Å². The lowest BCUT2D eigenvalue weighted by Crippen LogP contribution is -2.50. The van der Waals surface area contributed by atoms with Crippen LogP contribution in [0.2, 0.25) is 0 Å². The molecule has 0 bridgehead atoms. The van der Waals surface area contributed by atoms with Crippen LogP contribution in [-0.2, 0) is 27.1 Å². The topological polar surface area (TPSA) is 48.0 Å². The van der Waals surface area contributed by atoms with Crippen LogP contribution in [-0.4, -0.2) is 56.9 Å². The first-order chi connectivity index (χ1) is 10.3. The van der Waals surface area contributed by atoms with Gasteiger partial charge in [-0.05, 0) is 23.6 Å². The Morgan fingerprint density at radius 2 is 2.33 bits per heavy atom. The van der Waals surface area contributed by atoms with Crippen LogP contribution in [0.1, 0.15) is 11.1 Å². The molecule has 0 amide bonds. The van der Waals surface area contributed by atoms with Gasteiger partial charge in [-0.1, -0.05) is 12.1 Å². The Morgan fingerprint density at radius 1 is 1.43 bits per heavy atom. The summed E-state index contributed by atoms with van der Waals surface area (Å²) in [6, 6.07) is 6.10. The van der Waals surface area contributed by atoms with Crippen molar-refractivity contribution in [3.8, 4) is 5.75 Å². The Hall–Kier alpha value is -1.59. The average molecular weight is 291 g/mol. The summed E-state index contributed by atoms with van der Waals surface area (Å²) in [5.74, 6) is 0.801. The second-order valence-corrected chi connectivity index (χ2v) is 5.44. The molecule has 0 spiro atoms. The number of morpholine rings is 1. The Balaban J connectivity index is 1.61. The molecule has 114 valence electrons. The normalized spacial score (nSPS) is 21.7. The SMILES string of the molecule is COC(=O)C1COCCN1CCc1ccc2c(c1)CCO2. The number of esters is 1. The molecule has 1 aromatic carbocycles. The molecule has 2 heterocycles. The van der Waals surface area contributed by atoms with Gasteiger partial charge in [0, 0.05) is 19.5 Å². The molecular formula is C16H21NO4. The molecule has 1 saturated heterocycles. The molecule has 0 aliphatic carbocycles. The smallest absolute Gasteiger partial charge is 0.325 e. The largest absolute Gasteiger partial charge is 0.493 e. The molecule has 1 unspecified atom stereocenters. The van der Waals surface area contributed by atoms with Crippen molar-refractivity contribution in [2.75, 3.05) is 40.0 Å². The van der Waals surface area contributed by atoms with Gasteiger partial charge in [-0.25, -0.2) is 0 Å². The van der Waals surface area contributed by atoms with Crippen molar-refractivity contribution in [3.63, 3.8) is 0 Å². The van der Waals surface area contributed by atoms with E-state index in [1.54, 1.807) is 0 Å². The van der Waals surface area contributed by atoms with Crippen molar-refractivity contribution in [3.05, 3.63) is 29.3 Å². The van der Waals surface area contributed by atoms with E-state index in [4.69, 9.17) is 14.2 Å². The van der Waals surface area contributed by atoms with E-state index in [1.165, 1.54) is 18.2 Å². The van der Waals surface area contributed by atoms with Crippen LogP contribution >= 0.6 is 0 Å². The fourth-order valence-electron chi connectivity index (χ4n) is 2.93. The van der Waals surface area contributed by atoms with Gasteiger partial charge >= 0.3 is 5.97 Å². The summed E-state index contributed by atoms with van der Waals surface area (Å²) in [5.41, 5.74) is 2.58. The summed E-state index contributed by atoms with van der Waals surface area (Å²) in [6.07, 6.45) is 1.91. The zero-order chi connectivity index (χ0) is 14.7. The Labute approximate surface area is 124 Å². The lowest BCUT2D eigenvalue weighted by atomic mass is 10.1. The van der Waals surface area contributed by atoms with E-state index >= 15 is 0 Å². The number of methoxy groups -OCH3 is 1. The highest BCUT2D eigenvalue weighted by Crippen LogP contribution is 2.26. The van der Waals surface area contributed by atoms with Gasteiger partial charge in [-0.2, -0.15) is 0 Å². The van der Waals surface area contributed by atoms with Gasteiger partial charge in [0.2, 0.25) is 0 Å². The number of carbonyl (C=O) groups is 1. The molecule has 0 N–H and O–H groups in total. The second-order valence-electron chi connectivity index (χ2n) is 5.44. The van der Waals surface area contributed by atoms with Gasteiger partial charge < -0.3 is 14.2 Å². The molecular weight excluding hydrogens is 270 g/mol. The van der Waals surface area contributed by atoms with E-state index in [-0.39, 0.29) is 12.0 Å². The van der Waals surface area contributed by atoms with Crippen LogP contribution in [0.25, 0.3) is 0 Å². The van der Waals surface area contributed by atoms with Crippen LogP contribution in [0.5, 0.6) is 5.75 Å². The van der Waals surface area contributed by atoms with E-state index in [0.29, 0.717) is 13.2 Å². The predicted molar refractivity (Wildman–Crippen MR) is 77.5 cm³/mol. The molecule has 1 atom stereocenters. The van der Waals surface area contributed by atoms with Crippen molar-refractivity contribution in [1.29, 1.82) is 0 Å². The second kappa shape index (κ2) is 6.45. The molecule has 5 heteroatoms. The number of hydrogen-bond donors (Lipinski definition) is 0. The summed E-state index contributed by atoms with van der Waals surface area (Å²) in [7, 11) is 1.43. The highest BCUT2D eigenvalue weighted by Gasteiger charge is 2.29. The van der Waals surface area contributed by atoms with Crippen molar-refractivity contribution < 1.29 is 19.0 Å². The maximum absolute atomic E-state index is 11.8.